The van der Waals surface area contributed by atoms with Crippen LogP contribution in [0.15, 0.2) is 23.5 Å². The Balaban J connectivity index is 0.00000280. The monoisotopic (exact) mass is 450 g/mol. The molecule has 2 atom stereocenters. The Morgan fingerprint density at radius 3 is 2.86 bits per heavy atom. The summed E-state index contributed by atoms with van der Waals surface area (Å²) in [6, 6.07) is 1.34. The number of nitrogens with zero attached hydrogens (tertiary/aromatic N) is 2. The van der Waals surface area contributed by atoms with Gasteiger partial charge in [-0.05, 0) is 47.2 Å². The van der Waals surface area contributed by atoms with Gasteiger partial charge in [-0.2, -0.15) is 0 Å². The predicted molar refractivity (Wildman–Crippen MR) is 109 cm³/mol. The molecule has 1 aliphatic rings. The number of hydrogen-bond donors (Lipinski definition) is 3. The Hall–Kier alpha value is -1.33. The lowest BCUT2D eigenvalue weighted by atomic mass is 9.87. The van der Waals surface area contributed by atoms with Crippen molar-refractivity contribution in [1.82, 2.24) is 9.55 Å². The summed E-state index contributed by atoms with van der Waals surface area (Å²) in [7, 11) is 2.63. The topological polar surface area (TPSA) is 107 Å². The molecule has 0 fully saturated rings. The first-order valence-electron chi connectivity index (χ1n) is 8.41. The second-order valence-electron chi connectivity index (χ2n) is 6.34. The standard InChI is InChI=1S/C17H20F2N4O2S2.ClH/c18-10-3-9-4-11(1-2-13(9)14(19)5-10)23-12(6-20)7-22-17(23)27-26-8-15(21)16(24)25;/h3,5,7,11,15H,1-2,4,6,8,20-21H2,(H,24,25);1H/t11?,15-;/m0./s1. The van der Waals surface area contributed by atoms with Crippen LogP contribution < -0.4 is 11.5 Å². The number of fused-ring (bicyclic) bond motifs is 1. The fraction of sp³-hybridized carbons (Fsp3) is 0.412. The van der Waals surface area contributed by atoms with E-state index in [1.807, 2.05) is 4.57 Å². The molecule has 0 saturated heterocycles. The molecule has 0 saturated carbocycles. The fourth-order valence-corrected chi connectivity index (χ4v) is 5.45. The summed E-state index contributed by atoms with van der Waals surface area (Å²) in [6.07, 6.45) is 3.36. The third-order valence-electron chi connectivity index (χ3n) is 4.55. The maximum Gasteiger partial charge on any atom is 0.321 e. The highest BCUT2D eigenvalue weighted by molar-refractivity contribution is 8.76. The molecule has 3 rings (SSSR count). The van der Waals surface area contributed by atoms with Gasteiger partial charge in [-0.3, -0.25) is 4.79 Å². The first-order valence-corrected chi connectivity index (χ1v) is 10.7. The lowest BCUT2D eigenvalue weighted by Crippen LogP contribution is -2.32. The molecule has 0 aliphatic heterocycles. The number of carbonyl (C=O) groups is 1. The first kappa shape index (κ1) is 23.0. The lowest BCUT2D eigenvalue weighted by Gasteiger charge is -2.28. The number of imidazole rings is 1. The van der Waals surface area contributed by atoms with E-state index in [1.54, 1.807) is 6.20 Å². The molecule has 0 amide bonds. The summed E-state index contributed by atoms with van der Waals surface area (Å²) < 4.78 is 29.6. The van der Waals surface area contributed by atoms with Crippen molar-refractivity contribution in [2.24, 2.45) is 11.5 Å². The molecular formula is C17H21ClF2N4O2S2. The normalized spacial score (nSPS) is 16.9. The Kier molecular flexibility index (Phi) is 8.14. The van der Waals surface area contributed by atoms with Crippen LogP contribution in [-0.4, -0.2) is 32.4 Å². The average molecular weight is 451 g/mol. The molecule has 1 aromatic carbocycles. The number of rotatable bonds is 7. The van der Waals surface area contributed by atoms with Crippen molar-refractivity contribution >= 4 is 40.0 Å². The number of nitrogens with two attached hydrogens (primary N) is 2. The van der Waals surface area contributed by atoms with Crippen molar-refractivity contribution in [3.05, 3.63) is 46.8 Å². The zero-order valence-corrected chi connectivity index (χ0v) is 17.3. The van der Waals surface area contributed by atoms with Gasteiger partial charge in [0.05, 0.1) is 11.9 Å². The molecule has 2 aromatic rings. The number of hydrogen-bond acceptors (Lipinski definition) is 6. The third-order valence-corrected chi connectivity index (χ3v) is 6.82. The van der Waals surface area contributed by atoms with Gasteiger partial charge in [0.1, 0.15) is 17.7 Å². The van der Waals surface area contributed by atoms with Gasteiger partial charge in [-0.1, -0.05) is 10.8 Å². The highest BCUT2D eigenvalue weighted by Gasteiger charge is 2.27. The highest BCUT2D eigenvalue weighted by atomic mass is 35.5. The van der Waals surface area contributed by atoms with Crippen molar-refractivity contribution in [2.75, 3.05) is 5.75 Å². The van der Waals surface area contributed by atoms with E-state index >= 15 is 0 Å². The van der Waals surface area contributed by atoms with Crippen molar-refractivity contribution < 1.29 is 18.7 Å². The van der Waals surface area contributed by atoms with Gasteiger partial charge < -0.3 is 21.1 Å². The maximum atomic E-state index is 14.0. The molecule has 0 bridgehead atoms. The Labute approximate surface area is 175 Å². The zero-order chi connectivity index (χ0) is 19.6. The molecule has 1 unspecified atom stereocenters. The van der Waals surface area contributed by atoms with Crippen LogP contribution in [0.4, 0.5) is 8.78 Å². The molecule has 11 heteroatoms. The number of carboxylic acid groups (broad SMARTS) is 1. The molecule has 0 spiro atoms. The molecule has 28 heavy (non-hydrogen) atoms. The minimum atomic E-state index is -1.05. The van der Waals surface area contributed by atoms with Gasteiger partial charge in [0, 0.05) is 24.4 Å². The zero-order valence-electron chi connectivity index (χ0n) is 14.8. The van der Waals surface area contributed by atoms with Gasteiger partial charge in [0.15, 0.2) is 5.16 Å². The van der Waals surface area contributed by atoms with Crippen LogP contribution in [0.1, 0.15) is 29.3 Å². The Bertz CT molecular complexity index is 853. The molecule has 1 aromatic heterocycles. The highest BCUT2D eigenvalue weighted by Crippen LogP contribution is 2.37. The van der Waals surface area contributed by atoms with Crippen LogP contribution in [0.3, 0.4) is 0 Å². The van der Waals surface area contributed by atoms with E-state index in [-0.39, 0.29) is 30.7 Å². The van der Waals surface area contributed by atoms with Crippen molar-refractivity contribution in [3.8, 4) is 0 Å². The van der Waals surface area contributed by atoms with E-state index < -0.39 is 23.6 Å². The van der Waals surface area contributed by atoms with Gasteiger partial charge in [0.2, 0.25) is 0 Å². The molecule has 1 heterocycles. The predicted octanol–water partition coefficient (Wildman–Crippen LogP) is 2.92. The summed E-state index contributed by atoms with van der Waals surface area (Å²) in [5.74, 6) is -1.90. The number of carboxylic acids is 1. The molecule has 154 valence electrons. The number of aliphatic carboxylic acids is 1. The van der Waals surface area contributed by atoms with E-state index in [0.717, 1.165) is 11.8 Å². The lowest BCUT2D eigenvalue weighted by molar-refractivity contribution is -0.137. The minimum Gasteiger partial charge on any atom is -0.480 e. The van der Waals surface area contributed by atoms with Gasteiger partial charge >= 0.3 is 5.97 Å². The second kappa shape index (κ2) is 9.93. The molecule has 1 aliphatic carbocycles. The van der Waals surface area contributed by atoms with Gasteiger partial charge in [-0.15, -0.1) is 12.4 Å². The summed E-state index contributed by atoms with van der Waals surface area (Å²) in [6.45, 7) is 0.285. The van der Waals surface area contributed by atoms with Crippen LogP contribution in [0.25, 0.3) is 0 Å². The fourth-order valence-electron chi connectivity index (χ4n) is 3.22. The molecule has 5 N–H and O–H groups in total. The third kappa shape index (κ3) is 4.98. The molecule has 0 radical (unpaired) electrons. The average Bonchev–Trinajstić information content (AvgIpc) is 3.03. The van der Waals surface area contributed by atoms with E-state index in [0.29, 0.717) is 35.5 Å². The van der Waals surface area contributed by atoms with Gasteiger partial charge in [-0.25, -0.2) is 13.8 Å². The summed E-state index contributed by atoms with van der Waals surface area (Å²) >= 11 is 0. The van der Waals surface area contributed by atoms with E-state index in [1.165, 1.54) is 27.7 Å². The molecule has 6 nitrogen and oxygen atoms in total. The van der Waals surface area contributed by atoms with Crippen LogP contribution >= 0.6 is 34.0 Å². The van der Waals surface area contributed by atoms with Crippen molar-refractivity contribution in [2.45, 2.75) is 43.0 Å². The van der Waals surface area contributed by atoms with E-state index in [2.05, 4.69) is 4.98 Å². The van der Waals surface area contributed by atoms with Crippen LogP contribution in [0.5, 0.6) is 0 Å². The van der Waals surface area contributed by atoms with Crippen molar-refractivity contribution in [1.29, 1.82) is 0 Å². The number of halogens is 3. The first-order chi connectivity index (χ1) is 12.9. The number of aromatic nitrogens is 2. The summed E-state index contributed by atoms with van der Waals surface area (Å²) in [5.41, 5.74) is 13.4. The van der Waals surface area contributed by atoms with Crippen LogP contribution in [0, 0.1) is 11.6 Å². The van der Waals surface area contributed by atoms with E-state index in [4.69, 9.17) is 16.6 Å². The van der Waals surface area contributed by atoms with Crippen LogP contribution in [-0.2, 0) is 24.2 Å². The van der Waals surface area contributed by atoms with Crippen LogP contribution in [0.2, 0.25) is 0 Å². The largest absolute Gasteiger partial charge is 0.480 e. The SMILES string of the molecule is Cl.NCc1cnc(SSC[C@H](N)C(=O)O)n1C1CCc2c(F)cc(F)cc2C1. The van der Waals surface area contributed by atoms with Gasteiger partial charge in [0.25, 0.3) is 0 Å². The summed E-state index contributed by atoms with van der Waals surface area (Å²) in [4.78, 5) is 15.2. The number of benzene rings is 1. The quantitative estimate of drug-likeness (QED) is 0.556. The smallest absolute Gasteiger partial charge is 0.321 e. The van der Waals surface area contributed by atoms with E-state index in [9.17, 15) is 13.6 Å². The Morgan fingerprint density at radius 1 is 1.43 bits per heavy atom. The second-order valence-corrected chi connectivity index (χ2v) is 8.65. The van der Waals surface area contributed by atoms with Crippen molar-refractivity contribution in [3.63, 3.8) is 0 Å². The minimum absolute atomic E-state index is 0. The Morgan fingerprint density at radius 2 is 2.18 bits per heavy atom. The summed E-state index contributed by atoms with van der Waals surface area (Å²) in [5, 5.41) is 9.56. The molecular weight excluding hydrogens is 430 g/mol. The maximum absolute atomic E-state index is 14.0.